The average Bonchev–Trinajstić information content (AvgIpc) is 3.29. The van der Waals surface area contributed by atoms with Gasteiger partial charge in [-0.3, -0.25) is 0 Å². The van der Waals surface area contributed by atoms with Crippen molar-refractivity contribution in [3.8, 4) is 0 Å². The summed E-state index contributed by atoms with van der Waals surface area (Å²) >= 11 is 0. The molecule has 0 bridgehead atoms. The van der Waals surface area contributed by atoms with Gasteiger partial charge in [0.1, 0.15) is 0 Å². The van der Waals surface area contributed by atoms with Crippen LogP contribution >= 0.6 is 0 Å². The minimum Gasteiger partial charge on any atom is -0.305 e. The molecule has 6 unspecified atom stereocenters. The van der Waals surface area contributed by atoms with Crippen LogP contribution in [0.1, 0.15) is 162 Å². The molecule has 3 nitrogen and oxygen atoms in total. The number of rotatable bonds is 13. The lowest BCUT2D eigenvalue weighted by atomic mass is 9.61. The van der Waals surface area contributed by atoms with E-state index in [2.05, 4.69) is 57.5 Å². The summed E-state index contributed by atoms with van der Waals surface area (Å²) in [7, 11) is 0. The summed E-state index contributed by atoms with van der Waals surface area (Å²) in [4.78, 5) is 0. The summed E-state index contributed by atoms with van der Waals surface area (Å²) in [5, 5.41) is 9.40. The predicted octanol–water partition coefficient (Wildman–Crippen LogP) is 10.2. The monoisotopic (exact) mass is 510 g/mol. The molecule has 4 rings (SSSR count). The second-order valence-corrected chi connectivity index (χ2v) is 13.9. The minimum atomic E-state index is 0.410. The van der Waals surface area contributed by atoms with Crippen molar-refractivity contribution < 1.29 is 0 Å². The fraction of sp³-hybridized carbons (Fsp3) is 0.912. The van der Waals surface area contributed by atoms with E-state index in [-0.39, 0.29) is 0 Å². The Kier molecular flexibility index (Phi) is 10.2. The van der Waals surface area contributed by atoms with Crippen LogP contribution in [0.2, 0.25) is 0 Å². The zero-order chi connectivity index (χ0) is 26.5. The molecule has 37 heavy (non-hydrogen) atoms. The van der Waals surface area contributed by atoms with Gasteiger partial charge in [0, 0.05) is 5.69 Å². The van der Waals surface area contributed by atoms with E-state index in [0.29, 0.717) is 16.9 Å². The van der Waals surface area contributed by atoms with E-state index in [4.69, 9.17) is 5.21 Å². The van der Waals surface area contributed by atoms with Crippen molar-refractivity contribution in [2.24, 2.45) is 34.5 Å². The molecule has 1 aromatic heterocycles. The SMILES string of the molecule is CCCCC(CC)([C-](C)Cc1cnnn1C1CCCCC(C(CC)CCC)CC2CC21C)C1CCCC1. The summed E-state index contributed by atoms with van der Waals surface area (Å²) in [6, 6.07) is 0.533. The molecule has 0 aliphatic heterocycles. The van der Waals surface area contributed by atoms with Crippen molar-refractivity contribution in [3.63, 3.8) is 0 Å². The molecule has 0 aromatic carbocycles. The van der Waals surface area contributed by atoms with Crippen molar-refractivity contribution in [2.75, 3.05) is 0 Å². The quantitative estimate of drug-likeness (QED) is 0.247. The molecule has 212 valence electrons. The molecule has 3 heteroatoms. The Hall–Kier alpha value is -0.860. The number of unbranched alkanes of at least 4 members (excludes halogenated alkanes) is 1. The molecule has 0 radical (unpaired) electrons. The zero-order valence-electron chi connectivity index (χ0n) is 25.5. The van der Waals surface area contributed by atoms with Crippen LogP contribution in [0, 0.1) is 40.4 Å². The molecule has 0 saturated heterocycles. The van der Waals surface area contributed by atoms with Gasteiger partial charge in [-0.25, -0.2) is 4.68 Å². The Morgan fingerprint density at radius 3 is 2.46 bits per heavy atom. The molecule has 3 aliphatic carbocycles. The molecule has 1 heterocycles. The van der Waals surface area contributed by atoms with E-state index in [1.165, 1.54) is 115 Å². The maximum atomic E-state index is 4.84. The van der Waals surface area contributed by atoms with E-state index in [0.717, 1.165) is 30.1 Å². The Labute approximate surface area is 230 Å². The predicted molar refractivity (Wildman–Crippen MR) is 157 cm³/mol. The van der Waals surface area contributed by atoms with Crippen LogP contribution in [0.5, 0.6) is 0 Å². The van der Waals surface area contributed by atoms with Gasteiger partial charge in [-0.15, -0.1) is 16.9 Å². The normalized spacial score (nSPS) is 31.4. The molecule has 3 fully saturated rings. The van der Waals surface area contributed by atoms with Gasteiger partial charge in [0.15, 0.2) is 0 Å². The molecule has 3 aliphatic rings. The van der Waals surface area contributed by atoms with Crippen molar-refractivity contribution in [3.05, 3.63) is 17.8 Å². The lowest BCUT2D eigenvalue weighted by Gasteiger charge is -2.55. The smallest absolute Gasteiger partial charge is 0.0698 e. The first-order chi connectivity index (χ1) is 17.9. The van der Waals surface area contributed by atoms with E-state index in [9.17, 15) is 0 Å². The highest BCUT2D eigenvalue weighted by Crippen LogP contribution is 2.64. The molecule has 0 spiro atoms. The standard InChI is InChI=1S/C34H60N3/c1-7-11-21-34(10-4,29-18-13-14-19-29)26(5)22-31-25-35-36-37(31)32-20-15-12-17-28(27(9-3)16-8-2)23-30-24-33(30,32)6/h25,27-30,32H,7-24H2,1-6H3/q-1. The number of nitrogens with zero attached hydrogens (tertiary/aromatic N) is 3. The highest BCUT2D eigenvalue weighted by molar-refractivity contribution is 5.16. The second kappa shape index (κ2) is 13.0. The second-order valence-electron chi connectivity index (χ2n) is 13.9. The first kappa shape index (κ1) is 29.1. The van der Waals surface area contributed by atoms with Crippen LogP contribution in [-0.2, 0) is 6.42 Å². The fourth-order valence-corrected chi connectivity index (χ4v) is 9.37. The Balaban J connectivity index is 1.52. The van der Waals surface area contributed by atoms with E-state index < -0.39 is 0 Å². The van der Waals surface area contributed by atoms with Crippen LogP contribution in [0.25, 0.3) is 0 Å². The van der Waals surface area contributed by atoms with E-state index >= 15 is 0 Å². The first-order valence-corrected chi connectivity index (χ1v) is 16.6. The van der Waals surface area contributed by atoms with Crippen molar-refractivity contribution in [1.29, 1.82) is 0 Å². The highest BCUT2D eigenvalue weighted by atomic mass is 15.4. The van der Waals surface area contributed by atoms with Crippen molar-refractivity contribution in [2.45, 2.75) is 163 Å². The molecule has 0 amide bonds. The molecule has 6 atom stereocenters. The van der Waals surface area contributed by atoms with Crippen LogP contribution in [0.4, 0.5) is 0 Å². The van der Waals surface area contributed by atoms with Crippen molar-refractivity contribution >= 4 is 0 Å². The molecule has 0 N–H and O–H groups in total. The summed E-state index contributed by atoms with van der Waals surface area (Å²) in [5.41, 5.74) is 2.22. The number of hydrogen-bond acceptors (Lipinski definition) is 2. The lowest BCUT2D eigenvalue weighted by molar-refractivity contribution is 0.145. The third kappa shape index (κ3) is 6.16. The van der Waals surface area contributed by atoms with Gasteiger partial charge in [-0.1, -0.05) is 136 Å². The van der Waals surface area contributed by atoms with Gasteiger partial charge in [0.2, 0.25) is 0 Å². The number of aromatic nitrogens is 3. The van der Waals surface area contributed by atoms with Gasteiger partial charge in [0.25, 0.3) is 0 Å². The molecular formula is C34H60N3-. The molecule has 3 saturated carbocycles. The average molecular weight is 511 g/mol. The third-order valence-electron chi connectivity index (χ3n) is 11.9. The van der Waals surface area contributed by atoms with E-state index in [1.807, 2.05) is 0 Å². The topological polar surface area (TPSA) is 30.7 Å². The number of hydrogen-bond donors (Lipinski definition) is 0. The Morgan fingerprint density at radius 2 is 1.78 bits per heavy atom. The first-order valence-electron chi connectivity index (χ1n) is 16.6. The van der Waals surface area contributed by atoms with E-state index in [1.54, 1.807) is 5.92 Å². The Morgan fingerprint density at radius 1 is 1.05 bits per heavy atom. The van der Waals surface area contributed by atoms with Crippen LogP contribution < -0.4 is 0 Å². The van der Waals surface area contributed by atoms with Gasteiger partial charge >= 0.3 is 0 Å². The zero-order valence-corrected chi connectivity index (χ0v) is 25.5. The minimum absolute atomic E-state index is 0.410. The summed E-state index contributed by atoms with van der Waals surface area (Å²) < 4.78 is 2.45. The third-order valence-corrected chi connectivity index (χ3v) is 11.9. The van der Waals surface area contributed by atoms with Gasteiger partial charge in [-0.05, 0) is 42.4 Å². The van der Waals surface area contributed by atoms with Gasteiger partial charge in [0.05, 0.1) is 12.2 Å². The van der Waals surface area contributed by atoms with Crippen molar-refractivity contribution in [1.82, 2.24) is 15.0 Å². The largest absolute Gasteiger partial charge is 0.305 e. The Bertz CT molecular complexity index is 810. The van der Waals surface area contributed by atoms with Gasteiger partial charge in [-0.2, -0.15) is 6.92 Å². The highest BCUT2D eigenvalue weighted by Gasteiger charge is 2.56. The molecular weight excluding hydrogens is 450 g/mol. The van der Waals surface area contributed by atoms with Crippen LogP contribution in [0.3, 0.4) is 0 Å². The maximum absolute atomic E-state index is 4.84. The lowest BCUT2D eigenvalue weighted by Crippen LogP contribution is -2.36. The number of fused-ring (bicyclic) bond motifs is 1. The fourth-order valence-electron chi connectivity index (χ4n) is 9.37. The van der Waals surface area contributed by atoms with Gasteiger partial charge < -0.3 is 5.92 Å². The van der Waals surface area contributed by atoms with Crippen LogP contribution in [0.15, 0.2) is 6.20 Å². The summed E-state index contributed by atoms with van der Waals surface area (Å²) in [6.45, 7) is 14.8. The van der Waals surface area contributed by atoms with Crippen LogP contribution in [-0.4, -0.2) is 15.0 Å². The maximum Gasteiger partial charge on any atom is 0.0698 e. The summed E-state index contributed by atoms with van der Waals surface area (Å²) in [6.07, 6.45) is 26.8. The summed E-state index contributed by atoms with van der Waals surface area (Å²) in [5.74, 6) is 5.37. The molecule has 1 aromatic rings.